The number of hydrogen-bond acceptors (Lipinski definition) is 2. The van der Waals surface area contributed by atoms with E-state index < -0.39 is 0 Å². The Balaban J connectivity index is 1.44. The van der Waals surface area contributed by atoms with Gasteiger partial charge in [0.2, 0.25) is 5.91 Å². The first-order valence-corrected chi connectivity index (χ1v) is 8.93. The van der Waals surface area contributed by atoms with E-state index in [9.17, 15) is 9.59 Å². The van der Waals surface area contributed by atoms with Crippen LogP contribution in [0.25, 0.3) is 0 Å². The van der Waals surface area contributed by atoms with Crippen LogP contribution in [0, 0.1) is 0 Å². The van der Waals surface area contributed by atoms with Crippen molar-refractivity contribution in [3.8, 4) is 0 Å². The quantitative estimate of drug-likeness (QED) is 0.855. The number of carbonyl (C=O) groups is 2. The minimum absolute atomic E-state index is 0.146. The zero-order valence-corrected chi connectivity index (χ0v) is 14.5. The third kappa shape index (κ3) is 3.40. The van der Waals surface area contributed by atoms with Crippen molar-refractivity contribution in [3.05, 3.63) is 64.7 Å². The zero-order valence-electron chi connectivity index (χ0n) is 13.7. The van der Waals surface area contributed by atoms with Crippen molar-refractivity contribution in [1.82, 2.24) is 5.32 Å². The maximum absolute atomic E-state index is 12.5. The molecule has 2 fully saturated rings. The van der Waals surface area contributed by atoms with Crippen molar-refractivity contribution in [2.75, 3.05) is 5.32 Å². The molecule has 0 aromatic heterocycles. The average molecular weight is 355 g/mol. The van der Waals surface area contributed by atoms with E-state index in [-0.39, 0.29) is 17.2 Å². The molecule has 0 bridgehead atoms. The van der Waals surface area contributed by atoms with Gasteiger partial charge in [-0.2, -0.15) is 0 Å². The summed E-state index contributed by atoms with van der Waals surface area (Å²) >= 11 is 5.84. The molecule has 2 saturated carbocycles. The fourth-order valence-corrected chi connectivity index (χ4v) is 3.13. The summed E-state index contributed by atoms with van der Waals surface area (Å²) in [5.41, 5.74) is 1.93. The van der Waals surface area contributed by atoms with E-state index in [0.29, 0.717) is 22.3 Å². The summed E-state index contributed by atoms with van der Waals surface area (Å²) in [6.07, 6.45) is 3.97. The lowest BCUT2D eigenvalue weighted by Gasteiger charge is -2.16. The van der Waals surface area contributed by atoms with E-state index in [4.69, 9.17) is 11.6 Å². The van der Waals surface area contributed by atoms with Gasteiger partial charge in [0.1, 0.15) is 0 Å². The van der Waals surface area contributed by atoms with Gasteiger partial charge in [-0.25, -0.2) is 0 Å². The zero-order chi connectivity index (χ0) is 17.4. The van der Waals surface area contributed by atoms with Gasteiger partial charge in [-0.05, 0) is 67.6 Å². The van der Waals surface area contributed by atoms with Gasteiger partial charge in [0, 0.05) is 22.3 Å². The lowest BCUT2D eigenvalue weighted by atomic mass is 9.94. The van der Waals surface area contributed by atoms with Crippen LogP contribution in [0.5, 0.6) is 0 Å². The predicted molar refractivity (Wildman–Crippen MR) is 97.9 cm³/mol. The first-order valence-electron chi connectivity index (χ1n) is 8.55. The lowest BCUT2D eigenvalue weighted by molar-refractivity contribution is -0.123. The van der Waals surface area contributed by atoms with Gasteiger partial charge in [-0.3, -0.25) is 9.59 Å². The Kier molecular flexibility index (Phi) is 4.00. The van der Waals surface area contributed by atoms with E-state index >= 15 is 0 Å². The van der Waals surface area contributed by atoms with E-state index in [2.05, 4.69) is 10.6 Å². The first-order chi connectivity index (χ1) is 12.1. The highest BCUT2D eigenvalue weighted by Gasteiger charge is 2.52. The largest absolute Gasteiger partial charge is 0.353 e. The molecule has 0 spiro atoms. The Morgan fingerprint density at radius 1 is 0.960 bits per heavy atom. The van der Waals surface area contributed by atoms with E-state index in [0.717, 1.165) is 31.2 Å². The topological polar surface area (TPSA) is 58.2 Å². The Hall–Kier alpha value is -2.33. The third-order valence-corrected chi connectivity index (χ3v) is 5.15. The van der Waals surface area contributed by atoms with Gasteiger partial charge >= 0.3 is 0 Å². The molecule has 0 saturated heterocycles. The van der Waals surface area contributed by atoms with Gasteiger partial charge in [0.15, 0.2) is 0 Å². The van der Waals surface area contributed by atoms with Crippen LogP contribution in [0.3, 0.4) is 0 Å². The number of anilines is 1. The molecule has 0 atom stereocenters. The van der Waals surface area contributed by atoms with Crippen molar-refractivity contribution in [2.24, 2.45) is 0 Å². The molecule has 2 aromatic rings. The van der Waals surface area contributed by atoms with Crippen molar-refractivity contribution in [3.63, 3.8) is 0 Å². The van der Waals surface area contributed by atoms with Crippen LogP contribution in [-0.2, 0) is 10.2 Å². The second kappa shape index (κ2) is 6.19. The second-order valence-electron chi connectivity index (χ2n) is 6.87. The highest BCUT2D eigenvalue weighted by molar-refractivity contribution is 6.30. The first kappa shape index (κ1) is 16.2. The minimum atomic E-state index is -0.360. The molecule has 2 aliphatic carbocycles. The normalized spacial score (nSPS) is 17.6. The molecule has 0 aliphatic heterocycles. The summed E-state index contributed by atoms with van der Waals surface area (Å²) < 4.78 is 0. The van der Waals surface area contributed by atoms with Crippen LogP contribution >= 0.6 is 11.6 Å². The molecule has 128 valence electrons. The maximum Gasteiger partial charge on any atom is 0.255 e. The van der Waals surface area contributed by atoms with Crippen LogP contribution < -0.4 is 10.6 Å². The number of rotatable bonds is 5. The summed E-state index contributed by atoms with van der Waals surface area (Å²) in [4.78, 5) is 24.7. The molecular weight excluding hydrogens is 336 g/mol. The number of benzene rings is 2. The van der Waals surface area contributed by atoms with Crippen LogP contribution in [0.1, 0.15) is 41.6 Å². The molecule has 0 unspecified atom stereocenters. The second-order valence-corrected chi connectivity index (χ2v) is 7.30. The highest BCUT2D eigenvalue weighted by Crippen LogP contribution is 2.49. The Morgan fingerprint density at radius 2 is 1.60 bits per heavy atom. The van der Waals surface area contributed by atoms with Crippen LogP contribution in [0.2, 0.25) is 5.02 Å². The van der Waals surface area contributed by atoms with Crippen molar-refractivity contribution in [2.45, 2.75) is 37.1 Å². The molecule has 2 aromatic carbocycles. The fraction of sp³-hybridized carbons (Fsp3) is 0.300. The molecule has 0 radical (unpaired) electrons. The fourth-order valence-electron chi connectivity index (χ4n) is 3.00. The molecule has 4 rings (SSSR count). The molecular formula is C20H19ClN2O2. The van der Waals surface area contributed by atoms with E-state index in [1.54, 1.807) is 24.3 Å². The molecule has 2 aliphatic rings. The molecule has 5 heteroatoms. The third-order valence-electron chi connectivity index (χ3n) is 4.90. The van der Waals surface area contributed by atoms with Crippen LogP contribution in [0.15, 0.2) is 48.5 Å². The number of hydrogen-bond donors (Lipinski definition) is 2. The van der Waals surface area contributed by atoms with Gasteiger partial charge < -0.3 is 10.6 Å². The van der Waals surface area contributed by atoms with Gasteiger partial charge in [-0.15, -0.1) is 0 Å². The Bertz CT molecular complexity index is 807. The van der Waals surface area contributed by atoms with Crippen molar-refractivity contribution >= 4 is 29.1 Å². The van der Waals surface area contributed by atoms with Crippen LogP contribution in [0.4, 0.5) is 5.69 Å². The molecule has 2 N–H and O–H groups in total. The van der Waals surface area contributed by atoms with E-state index in [1.165, 1.54) is 0 Å². The number of halogens is 1. The minimum Gasteiger partial charge on any atom is -0.353 e. The Morgan fingerprint density at radius 3 is 2.16 bits per heavy atom. The summed E-state index contributed by atoms with van der Waals surface area (Å²) in [6, 6.07) is 14.7. The SMILES string of the molecule is O=C(Nc1ccc(C2(C(=O)NC3CC3)CC2)cc1)c1ccc(Cl)cc1. The number of carbonyl (C=O) groups excluding carboxylic acids is 2. The van der Waals surface area contributed by atoms with Crippen molar-refractivity contribution < 1.29 is 9.59 Å². The number of nitrogens with one attached hydrogen (secondary N) is 2. The average Bonchev–Trinajstić information content (AvgIpc) is 3.51. The Labute approximate surface area is 151 Å². The van der Waals surface area contributed by atoms with Gasteiger partial charge in [0.05, 0.1) is 5.41 Å². The maximum atomic E-state index is 12.5. The summed E-state index contributed by atoms with van der Waals surface area (Å²) in [6.45, 7) is 0. The van der Waals surface area contributed by atoms with Crippen molar-refractivity contribution in [1.29, 1.82) is 0 Å². The summed E-state index contributed by atoms with van der Waals surface area (Å²) in [5.74, 6) is -0.0371. The summed E-state index contributed by atoms with van der Waals surface area (Å²) in [7, 11) is 0. The predicted octanol–water partition coefficient (Wildman–Crippen LogP) is 3.90. The molecule has 0 heterocycles. The van der Waals surface area contributed by atoms with Gasteiger partial charge in [-0.1, -0.05) is 23.7 Å². The smallest absolute Gasteiger partial charge is 0.255 e. The van der Waals surface area contributed by atoms with Gasteiger partial charge in [0.25, 0.3) is 5.91 Å². The standard InChI is InChI=1S/C20H19ClN2O2/c21-15-5-1-13(2-6-15)18(24)22-16-7-3-14(4-8-16)20(11-12-20)19(25)23-17-9-10-17/h1-8,17H,9-12H2,(H,22,24)(H,23,25). The molecule has 2 amide bonds. The molecule has 25 heavy (non-hydrogen) atoms. The number of amides is 2. The summed E-state index contributed by atoms with van der Waals surface area (Å²) in [5, 5.41) is 6.57. The van der Waals surface area contributed by atoms with E-state index in [1.807, 2.05) is 24.3 Å². The lowest BCUT2D eigenvalue weighted by Crippen LogP contribution is -2.36. The highest BCUT2D eigenvalue weighted by atomic mass is 35.5. The monoisotopic (exact) mass is 354 g/mol. The van der Waals surface area contributed by atoms with Crippen LogP contribution in [-0.4, -0.2) is 17.9 Å². The molecule has 4 nitrogen and oxygen atoms in total.